The van der Waals surface area contributed by atoms with Crippen LogP contribution in [0.2, 0.25) is 5.02 Å². The molecule has 5 N–H and O–H groups in total. The molecule has 3 unspecified atom stereocenters. The van der Waals surface area contributed by atoms with Gasteiger partial charge in [0.15, 0.2) is 5.01 Å². The second kappa shape index (κ2) is 10.1. The first-order chi connectivity index (χ1) is 17.2. The van der Waals surface area contributed by atoms with Crippen LogP contribution in [0.15, 0.2) is 24.3 Å². The maximum Gasteiger partial charge on any atom is 0.404 e. The third-order valence-corrected chi connectivity index (χ3v) is 8.07. The van der Waals surface area contributed by atoms with Crippen LogP contribution in [0.1, 0.15) is 50.1 Å². The summed E-state index contributed by atoms with van der Waals surface area (Å²) in [7, 11) is 2.04. The molecule has 3 atom stereocenters. The molecule has 3 heterocycles. The van der Waals surface area contributed by atoms with Gasteiger partial charge in [0.25, 0.3) is 11.8 Å². The lowest BCUT2D eigenvalue weighted by Gasteiger charge is -2.36. The van der Waals surface area contributed by atoms with Gasteiger partial charge in [-0.1, -0.05) is 11.6 Å². The van der Waals surface area contributed by atoms with E-state index in [9.17, 15) is 19.5 Å². The predicted octanol–water partition coefficient (Wildman–Crippen LogP) is 2.98. The van der Waals surface area contributed by atoms with Gasteiger partial charge in [-0.05, 0) is 50.6 Å². The Labute approximate surface area is 216 Å². The molecule has 1 saturated carbocycles. The second-order valence-electron chi connectivity index (χ2n) is 9.41. The number of aromatic nitrogens is 2. The van der Waals surface area contributed by atoms with Crippen molar-refractivity contribution in [2.45, 2.75) is 50.4 Å². The number of thiazole rings is 1. The number of amides is 3. The van der Waals surface area contributed by atoms with Crippen LogP contribution < -0.4 is 16.0 Å². The summed E-state index contributed by atoms with van der Waals surface area (Å²) in [4.78, 5) is 48.4. The van der Waals surface area contributed by atoms with Gasteiger partial charge in [-0.2, -0.15) is 0 Å². The summed E-state index contributed by atoms with van der Waals surface area (Å²) in [5, 5.41) is 19.5. The number of hydrogen-bond acceptors (Lipinski definition) is 6. The standard InChI is InChI=1S/C24H27ClN6O4S/c1-31-7-6-17-20(11-31)36-23(30-17)22(33)29-18-10-14(26-24(34)35)3-5-16(18)28-21(32)19-9-12-8-13(25)2-4-15(12)27-19/h2,4,8-9,14,16,18,26-27H,3,5-7,10-11H2,1H3,(H,28,32)(H,29,33)(H,34,35). The highest BCUT2D eigenvalue weighted by Gasteiger charge is 2.34. The Morgan fingerprint density at radius 3 is 2.75 bits per heavy atom. The Morgan fingerprint density at radius 2 is 1.94 bits per heavy atom. The molecule has 190 valence electrons. The molecule has 3 amide bonds. The summed E-state index contributed by atoms with van der Waals surface area (Å²) in [6, 6.07) is 5.91. The number of likely N-dealkylation sites (N-methyl/N-ethyl adjacent to an activating group) is 1. The van der Waals surface area contributed by atoms with E-state index in [0.717, 1.165) is 41.0 Å². The van der Waals surface area contributed by atoms with Gasteiger partial charge in [0.2, 0.25) is 0 Å². The number of carbonyl (C=O) groups is 3. The number of carbonyl (C=O) groups excluding carboxylic acids is 2. The minimum Gasteiger partial charge on any atom is -0.465 e. The largest absolute Gasteiger partial charge is 0.465 e. The zero-order chi connectivity index (χ0) is 25.4. The first-order valence-electron chi connectivity index (χ1n) is 11.8. The molecule has 5 rings (SSSR count). The lowest BCUT2D eigenvalue weighted by Crippen LogP contribution is -2.57. The molecule has 0 saturated heterocycles. The van der Waals surface area contributed by atoms with Crippen molar-refractivity contribution in [2.24, 2.45) is 0 Å². The Kier molecular flexibility index (Phi) is 6.87. The van der Waals surface area contributed by atoms with E-state index in [1.807, 2.05) is 13.1 Å². The molecule has 12 heteroatoms. The summed E-state index contributed by atoms with van der Waals surface area (Å²) in [5.41, 5.74) is 2.14. The number of nitrogens with zero attached hydrogens (tertiary/aromatic N) is 2. The molecule has 1 aliphatic heterocycles. The smallest absolute Gasteiger partial charge is 0.404 e. The molecular formula is C24H27ClN6O4S. The second-order valence-corrected chi connectivity index (χ2v) is 10.9. The van der Waals surface area contributed by atoms with Crippen LogP contribution in [0.3, 0.4) is 0 Å². The summed E-state index contributed by atoms with van der Waals surface area (Å²) < 4.78 is 0. The first kappa shape index (κ1) is 24.5. The topological polar surface area (TPSA) is 139 Å². The highest BCUT2D eigenvalue weighted by Crippen LogP contribution is 2.26. The minimum absolute atomic E-state index is 0.302. The molecule has 0 spiro atoms. The fourth-order valence-corrected chi connectivity index (χ4v) is 6.20. The van der Waals surface area contributed by atoms with Gasteiger partial charge >= 0.3 is 6.09 Å². The van der Waals surface area contributed by atoms with Gasteiger partial charge in [-0.15, -0.1) is 11.3 Å². The number of aromatic amines is 1. The number of rotatable bonds is 5. The normalized spacial score (nSPS) is 22.1. The zero-order valence-corrected chi connectivity index (χ0v) is 21.2. The third-order valence-electron chi connectivity index (χ3n) is 6.75. The van der Waals surface area contributed by atoms with Crippen LogP contribution in [0.25, 0.3) is 10.9 Å². The Hall–Kier alpha value is -3.15. The monoisotopic (exact) mass is 530 g/mol. The summed E-state index contributed by atoms with van der Waals surface area (Å²) >= 11 is 7.45. The van der Waals surface area contributed by atoms with E-state index in [2.05, 4.69) is 30.8 Å². The lowest BCUT2D eigenvalue weighted by atomic mass is 9.86. The highest BCUT2D eigenvalue weighted by atomic mass is 35.5. The number of benzene rings is 1. The number of H-pyrrole nitrogens is 1. The van der Waals surface area contributed by atoms with E-state index in [1.54, 1.807) is 18.2 Å². The fourth-order valence-electron chi connectivity index (χ4n) is 4.93. The van der Waals surface area contributed by atoms with Gasteiger partial charge in [-0.3, -0.25) is 9.59 Å². The summed E-state index contributed by atoms with van der Waals surface area (Å²) in [6.07, 6.45) is 1.11. The molecule has 10 nitrogen and oxygen atoms in total. The Balaban J connectivity index is 1.32. The van der Waals surface area contributed by atoms with Gasteiger partial charge in [0.05, 0.1) is 11.7 Å². The van der Waals surface area contributed by atoms with Crippen molar-refractivity contribution in [2.75, 3.05) is 13.6 Å². The minimum atomic E-state index is -1.11. The molecule has 2 aliphatic rings. The first-order valence-corrected chi connectivity index (χ1v) is 13.0. The van der Waals surface area contributed by atoms with Crippen molar-refractivity contribution >= 4 is 51.7 Å². The molecular weight excluding hydrogens is 504 g/mol. The summed E-state index contributed by atoms with van der Waals surface area (Å²) in [5.74, 6) is -0.610. The van der Waals surface area contributed by atoms with E-state index in [4.69, 9.17) is 11.6 Å². The number of nitrogens with one attached hydrogen (secondary N) is 4. The number of fused-ring (bicyclic) bond motifs is 2. The number of carboxylic acid groups (broad SMARTS) is 1. The van der Waals surface area contributed by atoms with Crippen molar-refractivity contribution in [1.29, 1.82) is 0 Å². The Bertz CT molecular complexity index is 1320. The molecule has 0 bridgehead atoms. The summed E-state index contributed by atoms with van der Waals surface area (Å²) in [6.45, 7) is 1.67. The van der Waals surface area contributed by atoms with E-state index in [1.165, 1.54) is 11.3 Å². The van der Waals surface area contributed by atoms with E-state index in [0.29, 0.717) is 35.0 Å². The quantitative estimate of drug-likeness (QED) is 0.343. The molecule has 3 aromatic rings. The third kappa shape index (κ3) is 5.32. The van der Waals surface area contributed by atoms with E-state index in [-0.39, 0.29) is 23.9 Å². The van der Waals surface area contributed by atoms with Crippen LogP contribution >= 0.6 is 22.9 Å². The van der Waals surface area contributed by atoms with Crippen molar-refractivity contribution in [3.05, 3.63) is 50.6 Å². The lowest BCUT2D eigenvalue weighted by molar-refractivity contribution is 0.0849. The average Bonchev–Trinajstić information content (AvgIpc) is 3.44. The van der Waals surface area contributed by atoms with E-state index >= 15 is 0 Å². The average molecular weight is 531 g/mol. The van der Waals surface area contributed by atoms with Gasteiger partial charge < -0.3 is 30.9 Å². The van der Waals surface area contributed by atoms with Gasteiger partial charge in [0.1, 0.15) is 5.69 Å². The van der Waals surface area contributed by atoms with Crippen molar-refractivity contribution in [3.63, 3.8) is 0 Å². The van der Waals surface area contributed by atoms with Crippen LogP contribution in [0.4, 0.5) is 4.79 Å². The van der Waals surface area contributed by atoms with Crippen LogP contribution in [-0.4, -0.2) is 69.6 Å². The number of halogens is 1. The molecule has 1 aliphatic carbocycles. The van der Waals surface area contributed by atoms with Crippen molar-refractivity contribution < 1.29 is 19.5 Å². The zero-order valence-electron chi connectivity index (χ0n) is 19.6. The molecule has 1 fully saturated rings. The SMILES string of the molecule is CN1CCc2nc(C(=O)NC3CC(NC(=O)O)CCC3NC(=O)c3cc4cc(Cl)ccc4[nH]3)sc2C1. The molecule has 1 aromatic carbocycles. The van der Waals surface area contributed by atoms with Crippen LogP contribution in [0, 0.1) is 0 Å². The maximum atomic E-state index is 13.1. The Morgan fingerprint density at radius 1 is 1.14 bits per heavy atom. The molecule has 36 heavy (non-hydrogen) atoms. The predicted molar refractivity (Wildman–Crippen MR) is 137 cm³/mol. The fraction of sp³-hybridized carbons (Fsp3) is 0.417. The van der Waals surface area contributed by atoms with Crippen LogP contribution in [0.5, 0.6) is 0 Å². The molecule has 0 radical (unpaired) electrons. The molecule has 2 aromatic heterocycles. The number of hydrogen-bond donors (Lipinski definition) is 5. The van der Waals surface area contributed by atoms with Crippen molar-refractivity contribution in [1.82, 2.24) is 30.8 Å². The van der Waals surface area contributed by atoms with Gasteiger partial charge in [0, 0.05) is 52.4 Å². The van der Waals surface area contributed by atoms with Crippen LogP contribution in [-0.2, 0) is 13.0 Å². The highest BCUT2D eigenvalue weighted by molar-refractivity contribution is 7.13. The maximum absolute atomic E-state index is 13.1. The van der Waals surface area contributed by atoms with Gasteiger partial charge in [-0.25, -0.2) is 9.78 Å². The van der Waals surface area contributed by atoms with E-state index < -0.39 is 12.1 Å². The van der Waals surface area contributed by atoms with Crippen molar-refractivity contribution in [3.8, 4) is 0 Å².